The molecule has 0 unspecified atom stereocenters. The topological polar surface area (TPSA) is 95.5 Å². The number of thiophene rings is 1. The highest BCUT2D eigenvalue weighted by Crippen LogP contribution is 2.49. The third kappa shape index (κ3) is 3.37. The summed E-state index contributed by atoms with van der Waals surface area (Å²) in [7, 11) is 0. The lowest BCUT2D eigenvalue weighted by molar-refractivity contribution is -0.146. The van der Waals surface area contributed by atoms with Crippen molar-refractivity contribution >= 4 is 34.1 Å². The van der Waals surface area contributed by atoms with Gasteiger partial charge in [0.25, 0.3) is 5.91 Å². The highest BCUT2D eigenvalue weighted by Gasteiger charge is 2.51. The smallest absolute Gasteiger partial charge is 0.307 e. The molecule has 0 aliphatic heterocycles. The van der Waals surface area contributed by atoms with E-state index in [0.717, 1.165) is 56.9 Å². The first-order chi connectivity index (χ1) is 14.5. The number of hydrogen-bond donors (Lipinski definition) is 3. The van der Waals surface area contributed by atoms with Gasteiger partial charge >= 0.3 is 5.97 Å². The molecule has 160 valence electrons. The number of rotatable bonds is 5. The van der Waals surface area contributed by atoms with E-state index in [1.54, 1.807) is 0 Å². The molecule has 0 aromatic carbocycles. The van der Waals surface area contributed by atoms with E-state index >= 15 is 0 Å². The van der Waals surface area contributed by atoms with Crippen molar-refractivity contribution < 1.29 is 19.5 Å². The van der Waals surface area contributed by atoms with Crippen molar-refractivity contribution in [2.45, 2.75) is 63.8 Å². The average molecular weight is 429 g/mol. The molecule has 4 aliphatic carbocycles. The first-order valence-electron chi connectivity index (χ1n) is 11.2. The summed E-state index contributed by atoms with van der Waals surface area (Å²) in [4.78, 5) is 39.3. The van der Waals surface area contributed by atoms with Gasteiger partial charge in [-0.2, -0.15) is 0 Å². The summed E-state index contributed by atoms with van der Waals surface area (Å²) >= 11 is 1.50. The summed E-state index contributed by atoms with van der Waals surface area (Å²) in [5.74, 6) is -2.58. The predicted molar refractivity (Wildman–Crippen MR) is 115 cm³/mol. The third-order valence-corrected chi connectivity index (χ3v) is 8.58. The van der Waals surface area contributed by atoms with E-state index < -0.39 is 17.8 Å². The number of carboxylic acids is 1. The second kappa shape index (κ2) is 7.84. The number of nitrogens with one attached hydrogen (secondary N) is 2. The molecule has 1 aromatic heterocycles. The lowest BCUT2D eigenvalue weighted by Crippen LogP contribution is -2.38. The molecule has 5 rings (SSSR count). The van der Waals surface area contributed by atoms with Gasteiger partial charge in [0.2, 0.25) is 5.91 Å². The van der Waals surface area contributed by atoms with Gasteiger partial charge in [-0.05, 0) is 55.9 Å². The Morgan fingerprint density at radius 2 is 1.70 bits per heavy atom. The van der Waals surface area contributed by atoms with E-state index in [4.69, 9.17) is 0 Å². The average Bonchev–Trinajstić information content (AvgIpc) is 3.48. The summed E-state index contributed by atoms with van der Waals surface area (Å²) in [6, 6.07) is 0.207. The number of aryl methyl sites for hydroxylation is 1. The van der Waals surface area contributed by atoms with Crippen molar-refractivity contribution in [3.63, 3.8) is 0 Å². The predicted octanol–water partition coefficient (Wildman–Crippen LogP) is 3.76. The van der Waals surface area contributed by atoms with Crippen molar-refractivity contribution in [3.05, 3.63) is 28.2 Å². The van der Waals surface area contributed by atoms with Crippen molar-refractivity contribution in [1.29, 1.82) is 0 Å². The Kier molecular flexibility index (Phi) is 5.17. The standard InChI is InChI=1S/C23H28N2O4S/c26-20(17-12-9-10-13(11-12)18(17)23(28)29)25-22-19(15-7-4-8-16(15)30-22)21(27)24-14-5-2-1-3-6-14/h9-10,12-14,17-18H,1-8,11H2,(H,24,27)(H,25,26)(H,28,29)/t12-,13+,17+,18+/m1/s1. The van der Waals surface area contributed by atoms with E-state index in [-0.39, 0.29) is 29.7 Å². The number of anilines is 1. The largest absolute Gasteiger partial charge is 0.481 e. The van der Waals surface area contributed by atoms with Crippen LogP contribution in [-0.2, 0) is 22.4 Å². The molecule has 2 fully saturated rings. The number of carbonyl (C=O) groups excluding carboxylic acids is 2. The van der Waals surface area contributed by atoms with Crippen LogP contribution in [0.3, 0.4) is 0 Å². The maximum Gasteiger partial charge on any atom is 0.307 e. The van der Waals surface area contributed by atoms with Crippen LogP contribution in [0.25, 0.3) is 0 Å². The zero-order chi connectivity index (χ0) is 20.8. The molecule has 1 heterocycles. The molecule has 2 bridgehead atoms. The van der Waals surface area contributed by atoms with Gasteiger partial charge in [-0.3, -0.25) is 14.4 Å². The zero-order valence-electron chi connectivity index (χ0n) is 17.0. The van der Waals surface area contributed by atoms with Gasteiger partial charge in [0.1, 0.15) is 5.00 Å². The Morgan fingerprint density at radius 3 is 2.43 bits per heavy atom. The summed E-state index contributed by atoms with van der Waals surface area (Å²) in [5.41, 5.74) is 1.70. The Balaban J connectivity index is 1.38. The number of carbonyl (C=O) groups is 3. The molecular weight excluding hydrogens is 400 g/mol. The van der Waals surface area contributed by atoms with E-state index in [1.807, 2.05) is 12.2 Å². The number of fused-ring (bicyclic) bond motifs is 3. The highest BCUT2D eigenvalue weighted by atomic mass is 32.1. The maximum absolute atomic E-state index is 13.2. The first-order valence-corrected chi connectivity index (χ1v) is 12.0. The fourth-order valence-electron chi connectivity index (χ4n) is 5.95. The SMILES string of the molecule is O=C(NC1CCCCC1)c1c(NC(=O)[C@@H]2[C@@H](C(=O)O)[C@H]3C=C[C@@H]2C3)sc2c1CCC2. The molecule has 4 atom stereocenters. The molecule has 6 nitrogen and oxygen atoms in total. The maximum atomic E-state index is 13.2. The van der Waals surface area contributed by atoms with Gasteiger partial charge in [0.05, 0.1) is 17.4 Å². The Hall–Kier alpha value is -2.15. The second-order valence-electron chi connectivity index (χ2n) is 9.20. The number of allylic oxidation sites excluding steroid dienone is 2. The van der Waals surface area contributed by atoms with Gasteiger partial charge < -0.3 is 15.7 Å². The van der Waals surface area contributed by atoms with Gasteiger partial charge in [-0.15, -0.1) is 11.3 Å². The molecule has 0 saturated heterocycles. The van der Waals surface area contributed by atoms with Gasteiger partial charge in [-0.1, -0.05) is 31.4 Å². The molecule has 2 saturated carbocycles. The molecule has 1 aromatic rings. The fourth-order valence-corrected chi connectivity index (χ4v) is 7.24. The van der Waals surface area contributed by atoms with Crippen LogP contribution in [0.5, 0.6) is 0 Å². The van der Waals surface area contributed by atoms with Crippen molar-refractivity contribution in [2.24, 2.45) is 23.7 Å². The van der Waals surface area contributed by atoms with Crippen LogP contribution < -0.4 is 10.6 Å². The van der Waals surface area contributed by atoms with Crippen molar-refractivity contribution in [2.75, 3.05) is 5.32 Å². The van der Waals surface area contributed by atoms with E-state index in [1.165, 1.54) is 22.6 Å². The fraction of sp³-hybridized carbons (Fsp3) is 0.609. The van der Waals surface area contributed by atoms with Crippen molar-refractivity contribution in [3.8, 4) is 0 Å². The van der Waals surface area contributed by atoms with Crippen LogP contribution in [0.15, 0.2) is 12.2 Å². The van der Waals surface area contributed by atoms with E-state index in [2.05, 4.69) is 10.6 Å². The monoisotopic (exact) mass is 428 g/mol. The molecular formula is C23H28N2O4S. The van der Waals surface area contributed by atoms with Crippen molar-refractivity contribution in [1.82, 2.24) is 5.32 Å². The Bertz CT molecular complexity index is 915. The summed E-state index contributed by atoms with van der Waals surface area (Å²) in [6.07, 6.45) is 13.0. The molecule has 4 aliphatic rings. The van der Waals surface area contributed by atoms with Crippen LogP contribution in [0.1, 0.15) is 65.7 Å². The zero-order valence-corrected chi connectivity index (χ0v) is 17.8. The number of aliphatic carboxylic acids is 1. The molecule has 0 spiro atoms. The molecule has 30 heavy (non-hydrogen) atoms. The minimum absolute atomic E-state index is 0.0255. The van der Waals surface area contributed by atoms with Crippen LogP contribution in [0, 0.1) is 23.7 Å². The molecule has 7 heteroatoms. The molecule has 0 radical (unpaired) electrons. The first kappa shape index (κ1) is 19.8. The Morgan fingerprint density at radius 1 is 0.967 bits per heavy atom. The quantitative estimate of drug-likeness (QED) is 0.622. The molecule has 2 amide bonds. The summed E-state index contributed by atoms with van der Waals surface area (Å²) in [5, 5.41) is 16.5. The van der Waals surface area contributed by atoms with Gasteiger partial charge in [0, 0.05) is 10.9 Å². The van der Waals surface area contributed by atoms with Crippen LogP contribution in [-0.4, -0.2) is 28.9 Å². The normalized spacial score (nSPS) is 29.7. The second-order valence-corrected chi connectivity index (χ2v) is 10.3. The number of carboxylic acid groups (broad SMARTS) is 1. The lowest BCUT2D eigenvalue weighted by atomic mass is 9.82. The van der Waals surface area contributed by atoms with Crippen LogP contribution >= 0.6 is 11.3 Å². The third-order valence-electron chi connectivity index (χ3n) is 7.37. The minimum atomic E-state index is -0.907. The summed E-state index contributed by atoms with van der Waals surface area (Å²) < 4.78 is 0. The van der Waals surface area contributed by atoms with E-state index in [9.17, 15) is 19.5 Å². The van der Waals surface area contributed by atoms with Crippen LogP contribution in [0.4, 0.5) is 5.00 Å². The number of hydrogen-bond acceptors (Lipinski definition) is 4. The highest BCUT2D eigenvalue weighted by molar-refractivity contribution is 7.17. The number of amides is 2. The van der Waals surface area contributed by atoms with Crippen LogP contribution in [0.2, 0.25) is 0 Å². The Labute approximate surface area is 180 Å². The van der Waals surface area contributed by atoms with Gasteiger partial charge in [0.15, 0.2) is 0 Å². The van der Waals surface area contributed by atoms with Gasteiger partial charge in [-0.25, -0.2) is 0 Å². The minimum Gasteiger partial charge on any atom is -0.481 e. The van der Waals surface area contributed by atoms with E-state index in [0.29, 0.717) is 10.6 Å². The molecule has 3 N–H and O–H groups in total. The summed E-state index contributed by atoms with van der Waals surface area (Å²) in [6.45, 7) is 0. The lowest BCUT2D eigenvalue weighted by Gasteiger charge is -2.24.